The van der Waals surface area contributed by atoms with Crippen LogP contribution in [0.25, 0.3) is 5.69 Å². The minimum atomic E-state index is -1.02. The number of carbonyl (C=O) groups is 2. The van der Waals surface area contributed by atoms with Crippen LogP contribution in [0.1, 0.15) is 43.1 Å². The molecule has 0 radical (unpaired) electrons. The van der Waals surface area contributed by atoms with E-state index in [0.29, 0.717) is 12.2 Å². The first-order valence-corrected chi connectivity index (χ1v) is 8.09. The van der Waals surface area contributed by atoms with E-state index in [1.165, 1.54) is 11.8 Å². The number of amides is 1. The number of carbonyl (C=O) groups excluding carboxylic acids is 1. The van der Waals surface area contributed by atoms with Crippen molar-refractivity contribution in [3.63, 3.8) is 0 Å². The molecule has 1 N–H and O–H groups in total. The number of para-hydroxylation sites is 1. The van der Waals surface area contributed by atoms with Crippen molar-refractivity contribution in [1.82, 2.24) is 19.7 Å². The van der Waals surface area contributed by atoms with Crippen molar-refractivity contribution in [1.29, 1.82) is 0 Å². The highest BCUT2D eigenvalue weighted by Crippen LogP contribution is 2.30. The fraction of sp³-hybridized carbons (Fsp3) is 0.412. The van der Waals surface area contributed by atoms with E-state index in [2.05, 4.69) is 10.1 Å². The third-order valence-corrected chi connectivity index (χ3v) is 4.13. The average Bonchev–Trinajstić information content (AvgIpc) is 3.32. The summed E-state index contributed by atoms with van der Waals surface area (Å²) in [6.45, 7) is 3.46. The fourth-order valence-electron chi connectivity index (χ4n) is 2.68. The molecule has 1 aromatic heterocycles. The maximum atomic E-state index is 12.8. The summed E-state index contributed by atoms with van der Waals surface area (Å²) in [5.41, 5.74) is 0.824. The topological polar surface area (TPSA) is 88.3 Å². The van der Waals surface area contributed by atoms with Crippen LogP contribution in [-0.2, 0) is 11.2 Å². The van der Waals surface area contributed by atoms with Gasteiger partial charge in [-0.25, -0.2) is 14.5 Å². The second kappa shape index (κ2) is 6.43. The summed E-state index contributed by atoms with van der Waals surface area (Å²) >= 11 is 0. The van der Waals surface area contributed by atoms with Crippen LogP contribution in [0.2, 0.25) is 0 Å². The van der Waals surface area contributed by atoms with Gasteiger partial charge in [0.25, 0.3) is 5.91 Å². The molecular weight excluding hydrogens is 308 g/mol. The predicted octanol–water partition coefficient (Wildman–Crippen LogP) is 1.91. The van der Waals surface area contributed by atoms with Gasteiger partial charge in [0.2, 0.25) is 5.82 Å². The number of hydrogen-bond acceptors (Lipinski definition) is 4. The maximum absolute atomic E-state index is 12.8. The van der Waals surface area contributed by atoms with Gasteiger partial charge in [-0.1, -0.05) is 25.1 Å². The van der Waals surface area contributed by atoms with Gasteiger partial charge in [0.15, 0.2) is 0 Å². The van der Waals surface area contributed by atoms with Gasteiger partial charge in [0.05, 0.1) is 5.69 Å². The zero-order chi connectivity index (χ0) is 17.3. The van der Waals surface area contributed by atoms with E-state index < -0.39 is 17.9 Å². The monoisotopic (exact) mass is 328 g/mol. The third-order valence-electron chi connectivity index (χ3n) is 4.13. The van der Waals surface area contributed by atoms with E-state index in [1.807, 2.05) is 37.3 Å². The Morgan fingerprint density at radius 1 is 1.33 bits per heavy atom. The van der Waals surface area contributed by atoms with Gasteiger partial charge in [-0.2, -0.15) is 0 Å². The second-order valence-electron chi connectivity index (χ2n) is 5.91. The summed E-state index contributed by atoms with van der Waals surface area (Å²) in [5.74, 6) is -0.718. The van der Waals surface area contributed by atoms with Crippen molar-refractivity contribution in [3.05, 3.63) is 42.0 Å². The Morgan fingerprint density at radius 3 is 2.54 bits per heavy atom. The van der Waals surface area contributed by atoms with Crippen LogP contribution in [0.5, 0.6) is 0 Å². The number of aromatic nitrogens is 3. The summed E-state index contributed by atoms with van der Waals surface area (Å²) < 4.78 is 1.64. The van der Waals surface area contributed by atoms with Crippen molar-refractivity contribution in [2.75, 3.05) is 0 Å². The Hall–Kier alpha value is -2.70. The van der Waals surface area contributed by atoms with Crippen molar-refractivity contribution in [2.24, 2.45) is 0 Å². The molecule has 2 aromatic rings. The molecule has 1 saturated carbocycles. The van der Waals surface area contributed by atoms with Crippen LogP contribution in [0.15, 0.2) is 30.3 Å². The lowest BCUT2D eigenvalue weighted by Crippen LogP contribution is -2.45. The van der Waals surface area contributed by atoms with Crippen LogP contribution in [-0.4, -0.2) is 48.7 Å². The molecule has 0 saturated heterocycles. The molecular formula is C17H20N4O3. The molecule has 0 spiro atoms. The standard InChI is InChI=1S/C17H20N4O3/c1-3-14-18-15(19-21(14)13-7-5-4-6-8-13)16(22)20(12-9-10-12)11(2)17(23)24/h4-8,11-12H,3,9-10H2,1-2H3,(H,23,24). The highest BCUT2D eigenvalue weighted by Gasteiger charge is 2.40. The van der Waals surface area contributed by atoms with E-state index in [0.717, 1.165) is 18.5 Å². The van der Waals surface area contributed by atoms with Crippen molar-refractivity contribution in [2.45, 2.75) is 45.2 Å². The number of rotatable bonds is 6. The average molecular weight is 328 g/mol. The van der Waals surface area contributed by atoms with E-state index in [1.54, 1.807) is 4.68 Å². The van der Waals surface area contributed by atoms with E-state index >= 15 is 0 Å². The van der Waals surface area contributed by atoms with Crippen LogP contribution >= 0.6 is 0 Å². The molecule has 1 aromatic carbocycles. The number of hydrogen-bond donors (Lipinski definition) is 1. The van der Waals surface area contributed by atoms with E-state index in [9.17, 15) is 14.7 Å². The zero-order valence-corrected chi connectivity index (χ0v) is 13.7. The Bertz CT molecular complexity index is 752. The predicted molar refractivity (Wildman–Crippen MR) is 87.0 cm³/mol. The van der Waals surface area contributed by atoms with E-state index in [4.69, 9.17) is 0 Å². The van der Waals surface area contributed by atoms with Crippen molar-refractivity contribution < 1.29 is 14.7 Å². The lowest BCUT2D eigenvalue weighted by molar-refractivity contribution is -0.141. The molecule has 1 aliphatic rings. The first-order chi connectivity index (χ1) is 11.5. The number of aliphatic carboxylic acids is 1. The minimum Gasteiger partial charge on any atom is -0.480 e. The van der Waals surface area contributed by atoms with E-state index in [-0.39, 0.29) is 11.9 Å². The molecule has 1 atom stereocenters. The fourth-order valence-corrected chi connectivity index (χ4v) is 2.68. The molecule has 1 heterocycles. The van der Waals surface area contributed by atoms with Gasteiger partial charge in [-0.05, 0) is 31.9 Å². The van der Waals surface area contributed by atoms with Gasteiger partial charge in [0.1, 0.15) is 11.9 Å². The molecule has 0 aliphatic heterocycles. The molecule has 1 fully saturated rings. The summed E-state index contributed by atoms with van der Waals surface area (Å²) in [7, 11) is 0. The number of carboxylic acids is 1. The molecule has 1 unspecified atom stereocenters. The molecule has 126 valence electrons. The molecule has 1 amide bonds. The minimum absolute atomic E-state index is 0.0302. The summed E-state index contributed by atoms with van der Waals surface area (Å²) in [6, 6.07) is 8.54. The number of benzene rings is 1. The molecule has 24 heavy (non-hydrogen) atoms. The van der Waals surface area contributed by atoms with Crippen LogP contribution < -0.4 is 0 Å². The van der Waals surface area contributed by atoms with Gasteiger partial charge in [0, 0.05) is 12.5 Å². The molecule has 7 heteroatoms. The first kappa shape index (κ1) is 16.2. The summed E-state index contributed by atoms with van der Waals surface area (Å²) in [6.07, 6.45) is 2.26. The quantitative estimate of drug-likeness (QED) is 0.875. The molecule has 3 rings (SSSR count). The molecule has 0 bridgehead atoms. The summed E-state index contributed by atoms with van der Waals surface area (Å²) in [5, 5.41) is 13.6. The van der Waals surface area contributed by atoms with Gasteiger partial charge in [-0.3, -0.25) is 4.79 Å². The largest absolute Gasteiger partial charge is 0.480 e. The second-order valence-corrected chi connectivity index (χ2v) is 5.91. The Balaban J connectivity index is 1.95. The number of aryl methyl sites for hydroxylation is 1. The SMILES string of the molecule is CCc1nc(C(=O)N(C2CC2)C(C)C(=O)O)nn1-c1ccccc1. The van der Waals surface area contributed by atoms with Crippen LogP contribution in [0.3, 0.4) is 0 Å². The molecule has 1 aliphatic carbocycles. The smallest absolute Gasteiger partial charge is 0.326 e. The lowest BCUT2D eigenvalue weighted by atomic mass is 10.2. The normalized spacial score (nSPS) is 15.1. The zero-order valence-electron chi connectivity index (χ0n) is 13.7. The Morgan fingerprint density at radius 2 is 2.00 bits per heavy atom. The summed E-state index contributed by atoms with van der Waals surface area (Å²) in [4.78, 5) is 29.9. The van der Waals surface area contributed by atoms with Gasteiger partial charge in [-0.15, -0.1) is 5.10 Å². The van der Waals surface area contributed by atoms with Crippen molar-refractivity contribution >= 4 is 11.9 Å². The number of nitrogens with zero attached hydrogens (tertiary/aromatic N) is 4. The number of carboxylic acid groups (broad SMARTS) is 1. The van der Waals surface area contributed by atoms with Crippen molar-refractivity contribution in [3.8, 4) is 5.69 Å². The maximum Gasteiger partial charge on any atom is 0.326 e. The van der Waals surface area contributed by atoms with Gasteiger partial charge >= 0.3 is 5.97 Å². The highest BCUT2D eigenvalue weighted by atomic mass is 16.4. The highest BCUT2D eigenvalue weighted by molar-refractivity contribution is 5.94. The Kier molecular flexibility index (Phi) is 4.33. The van der Waals surface area contributed by atoms with Gasteiger partial charge < -0.3 is 10.0 Å². The Labute approximate surface area is 139 Å². The van der Waals surface area contributed by atoms with Crippen LogP contribution in [0.4, 0.5) is 0 Å². The molecule has 7 nitrogen and oxygen atoms in total. The van der Waals surface area contributed by atoms with Crippen LogP contribution in [0, 0.1) is 0 Å². The first-order valence-electron chi connectivity index (χ1n) is 8.09. The third kappa shape index (κ3) is 3.02. The lowest BCUT2D eigenvalue weighted by Gasteiger charge is -2.24.